The Balaban J connectivity index is 1.58. The van der Waals surface area contributed by atoms with Crippen molar-refractivity contribution in [3.05, 3.63) is 66.9 Å². The minimum atomic E-state index is -3.55. The molecule has 0 unspecified atom stereocenters. The van der Waals surface area contributed by atoms with Crippen molar-refractivity contribution in [1.29, 1.82) is 0 Å². The largest absolute Gasteiger partial charge is 0.340 e. The van der Waals surface area contributed by atoms with Gasteiger partial charge in [-0.05, 0) is 56.8 Å². The molecule has 2 aromatic carbocycles. The predicted molar refractivity (Wildman–Crippen MR) is 139 cm³/mol. The molecule has 2 heterocycles. The van der Waals surface area contributed by atoms with E-state index >= 15 is 0 Å². The molecule has 0 atom stereocenters. The second kappa shape index (κ2) is 10.4. The number of anilines is 2. The first kappa shape index (κ1) is 23.9. The van der Waals surface area contributed by atoms with Gasteiger partial charge in [0.15, 0.2) is 12.9 Å². The number of hydrogen-bond donors (Lipinski definition) is 2. The number of benzene rings is 2. The molecule has 34 heavy (non-hydrogen) atoms. The van der Waals surface area contributed by atoms with Crippen LogP contribution in [0, 0.1) is 0 Å². The van der Waals surface area contributed by atoms with E-state index in [4.69, 9.17) is 4.98 Å². The lowest BCUT2D eigenvalue weighted by Gasteiger charge is -2.13. The second-order valence-electron chi connectivity index (χ2n) is 8.36. The summed E-state index contributed by atoms with van der Waals surface area (Å²) in [6.45, 7) is 3.30. The van der Waals surface area contributed by atoms with E-state index in [1.54, 1.807) is 28.8 Å². The van der Waals surface area contributed by atoms with E-state index in [9.17, 15) is 8.42 Å². The van der Waals surface area contributed by atoms with E-state index in [0.717, 1.165) is 54.1 Å². The molecular formula is C24H29BN6O2S. The number of nitrogens with zero attached hydrogens (tertiary/aromatic N) is 4. The Labute approximate surface area is 201 Å². The standard InChI is InChI=1S/C24H29BN6O2S/c1-25-21-17-26-31-23(16-22(29-24(21)31)18-8-5-4-6-9-18)28-19-10-12-20(13-11-19)34(32,33)27-14-7-15-30(2)3/h4-6,8-13,16-17,25,27-28H,7,14-15H2,1-3H3. The van der Waals surface area contributed by atoms with Crippen LogP contribution in [0.5, 0.6) is 0 Å². The van der Waals surface area contributed by atoms with Crippen LogP contribution in [-0.4, -0.2) is 62.4 Å². The Bertz CT molecular complexity index is 1360. The summed E-state index contributed by atoms with van der Waals surface area (Å²) in [5, 5.41) is 7.89. The molecule has 0 bridgehead atoms. The van der Waals surface area contributed by atoms with Crippen molar-refractivity contribution in [3.8, 4) is 11.3 Å². The average Bonchev–Trinajstić information content (AvgIpc) is 3.26. The fourth-order valence-corrected chi connectivity index (χ4v) is 4.73. The van der Waals surface area contributed by atoms with Gasteiger partial charge in [0.05, 0.1) is 10.6 Å². The van der Waals surface area contributed by atoms with Gasteiger partial charge in [-0.15, -0.1) is 0 Å². The monoisotopic (exact) mass is 476 g/mol. The summed E-state index contributed by atoms with van der Waals surface area (Å²) < 4.78 is 29.6. The topological polar surface area (TPSA) is 91.6 Å². The normalized spacial score (nSPS) is 11.8. The summed E-state index contributed by atoms with van der Waals surface area (Å²) in [4.78, 5) is 7.10. The molecule has 4 rings (SSSR count). The summed E-state index contributed by atoms with van der Waals surface area (Å²) in [5.41, 5.74) is 4.46. The van der Waals surface area contributed by atoms with Gasteiger partial charge in [-0.2, -0.15) is 9.61 Å². The molecule has 10 heteroatoms. The number of nitrogens with one attached hydrogen (secondary N) is 2. The summed E-state index contributed by atoms with van der Waals surface area (Å²) >= 11 is 0. The molecule has 4 aromatic rings. The second-order valence-corrected chi connectivity index (χ2v) is 10.1. The third-order valence-corrected chi connectivity index (χ3v) is 6.98. The number of aromatic nitrogens is 3. The molecular weight excluding hydrogens is 447 g/mol. The maximum Gasteiger partial charge on any atom is 0.240 e. The zero-order valence-corrected chi connectivity index (χ0v) is 20.5. The van der Waals surface area contributed by atoms with E-state index in [1.807, 2.05) is 61.6 Å². The quantitative estimate of drug-likeness (QED) is 0.270. The third kappa shape index (κ3) is 5.47. The smallest absolute Gasteiger partial charge is 0.240 e. The fourth-order valence-electron chi connectivity index (χ4n) is 3.65. The Morgan fingerprint density at radius 3 is 2.47 bits per heavy atom. The molecule has 176 valence electrons. The van der Waals surface area contributed by atoms with Gasteiger partial charge in [-0.1, -0.05) is 37.2 Å². The van der Waals surface area contributed by atoms with Crippen molar-refractivity contribution in [2.24, 2.45) is 0 Å². The van der Waals surface area contributed by atoms with Crippen molar-refractivity contribution < 1.29 is 8.42 Å². The van der Waals surface area contributed by atoms with Crippen LogP contribution in [0.1, 0.15) is 6.42 Å². The minimum Gasteiger partial charge on any atom is -0.340 e. The van der Waals surface area contributed by atoms with Crippen LogP contribution >= 0.6 is 0 Å². The van der Waals surface area contributed by atoms with Crippen LogP contribution < -0.4 is 15.5 Å². The van der Waals surface area contributed by atoms with Crippen molar-refractivity contribution in [2.75, 3.05) is 32.5 Å². The Hall–Kier alpha value is -3.21. The highest BCUT2D eigenvalue weighted by molar-refractivity contribution is 7.89. The predicted octanol–water partition coefficient (Wildman–Crippen LogP) is 2.48. The fraction of sp³-hybridized carbons (Fsp3) is 0.250. The molecule has 0 radical (unpaired) electrons. The molecule has 8 nitrogen and oxygen atoms in total. The van der Waals surface area contributed by atoms with Crippen molar-refractivity contribution >= 4 is 39.9 Å². The lowest BCUT2D eigenvalue weighted by Crippen LogP contribution is -2.27. The third-order valence-electron chi connectivity index (χ3n) is 5.51. The number of hydrogen-bond acceptors (Lipinski definition) is 6. The van der Waals surface area contributed by atoms with E-state index in [1.165, 1.54) is 0 Å². The van der Waals surface area contributed by atoms with E-state index in [0.29, 0.717) is 6.54 Å². The maximum absolute atomic E-state index is 12.6. The summed E-state index contributed by atoms with van der Waals surface area (Å²) in [5.74, 6) is 0.751. The zero-order chi connectivity index (χ0) is 24.1. The van der Waals surface area contributed by atoms with Crippen molar-refractivity contribution in [2.45, 2.75) is 18.1 Å². The summed E-state index contributed by atoms with van der Waals surface area (Å²) in [6, 6.07) is 18.7. The van der Waals surface area contributed by atoms with Crippen LogP contribution in [0.3, 0.4) is 0 Å². The number of sulfonamides is 1. The van der Waals surface area contributed by atoms with Gasteiger partial charge >= 0.3 is 0 Å². The molecule has 0 saturated heterocycles. The van der Waals surface area contributed by atoms with E-state index < -0.39 is 10.0 Å². The van der Waals surface area contributed by atoms with Gasteiger partial charge in [-0.3, -0.25) is 0 Å². The molecule has 0 aliphatic heterocycles. The highest BCUT2D eigenvalue weighted by Crippen LogP contribution is 2.24. The number of rotatable bonds is 10. The van der Waals surface area contributed by atoms with Crippen LogP contribution in [-0.2, 0) is 10.0 Å². The molecule has 0 amide bonds. The average molecular weight is 476 g/mol. The molecule has 0 saturated carbocycles. The Kier molecular flexibility index (Phi) is 7.30. The van der Waals surface area contributed by atoms with Crippen molar-refractivity contribution in [3.63, 3.8) is 0 Å². The summed E-state index contributed by atoms with van der Waals surface area (Å²) in [7, 11) is 1.20. The lowest BCUT2D eigenvalue weighted by molar-refractivity contribution is 0.400. The van der Waals surface area contributed by atoms with Crippen molar-refractivity contribution in [1.82, 2.24) is 24.2 Å². The minimum absolute atomic E-state index is 0.236. The summed E-state index contributed by atoms with van der Waals surface area (Å²) in [6.07, 6.45) is 2.58. The molecule has 2 aromatic heterocycles. The molecule has 0 aliphatic carbocycles. The van der Waals surface area contributed by atoms with Gasteiger partial charge in [0.1, 0.15) is 5.82 Å². The van der Waals surface area contributed by atoms with E-state index in [2.05, 4.69) is 22.0 Å². The highest BCUT2D eigenvalue weighted by atomic mass is 32.2. The maximum atomic E-state index is 12.6. The zero-order valence-electron chi connectivity index (χ0n) is 19.7. The molecule has 2 N–H and O–H groups in total. The van der Waals surface area contributed by atoms with Gasteiger partial charge < -0.3 is 10.2 Å². The molecule has 0 aliphatic rings. The molecule has 0 fully saturated rings. The van der Waals surface area contributed by atoms with E-state index in [-0.39, 0.29) is 4.90 Å². The number of fused-ring (bicyclic) bond motifs is 1. The first-order valence-electron chi connectivity index (χ1n) is 11.3. The Morgan fingerprint density at radius 2 is 1.79 bits per heavy atom. The van der Waals surface area contributed by atoms with Crippen LogP contribution in [0.25, 0.3) is 16.9 Å². The van der Waals surface area contributed by atoms with Gasteiger partial charge in [0, 0.05) is 30.1 Å². The van der Waals surface area contributed by atoms with Gasteiger partial charge in [-0.25, -0.2) is 18.1 Å². The Morgan fingerprint density at radius 1 is 1.06 bits per heavy atom. The van der Waals surface area contributed by atoms with Crippen LogP contribution in [0.2, 0.25) is 6.82 Å². The van der Waals surface area contributed by atoms with Crippen LogP contribution in [0.4, 0.5) is 11.5 Å². The van der Waals surface area contributed by atoms with Gasteiger partial charge in [0.25, 0.3) is 0 Å². The first-order chi connectivity index (χ1) is 16.4. The lowest BCUT2D eigenvalue weighted by atomic mass is 9.75. The van der Waals surface area contributed by atoms with Gasteiger partial charge in [0.2, 0.25) is 10.0 Å². The van der Waals surface area contributed by atoms with Crippen LogP contribution in [0.15, 0.2) is 71.8 Å². The highest BCUT2D eigenvalue weighted by Gasteiger charge is 2.15. The molecule has 0 spiro atoms. The first-order valence-corrected chi connectivity index (χ1v) is 12.8. The SMILES string of the molecule is CBc1cnn2c(Nc3ccc(S(=O)(=O)NCCCN(C)C)cc3)cc(-c3ccccc3)nc12.